The number of aromatic nitrogens is 2. The summed E-state index contributed by atoms with van der Waals surface area (Å²) in [4.78, 5) is 27.9. The summed E-state index contributed by atoms with van der Waals surface area (Å²) >= 11 is 2.64. The zero-order valence-electron chi connectivity index (χ0n) is 19.5. The summed E-state index contributed by atoms with van der Waals surface area (Å²) in [5.41, 5.74) is 1.38. The minimum absolute atomic E-state index is 0.0265. The van der Waals surface area contributed by atoms with Gasteiger partial charge in [0.25, 0.3) is 5.91 Å². The number of phenols is 1. The Morgan fingerprint density at radius 3 is 2.68 bits per heavy atom. The molecule has 11 heteroatoms. The Kier molecular flexibility index (Phi) is 6.97. The molecule has 2 aromatic carbocycles. The maximum atomic E-state index is 13.4. The van der Waals surface area contributed by atoms with Crippen LogP contribution in [-0.2, 0) is 10.5 Å². The van der Waals surface area contributed by atoms with Crippen molar-refractivity contribution in [2.24, 2.45) is 0 Å². The number of ketones is 1. The lowest BCUT2D eigenvalue weighted by Gasteiger charge is -2.24. The Labute approximate surface area is 220 Å². The maximum absolute atomic E-state index is 13.4. The van der Waals surface area contributed by atoms with E-state index in [9.17, 15) is 19.8 Å². The number of furan rings is 1. The number of carbonyl (C=O) groups excluding carboxylic acids is 2. The van der Waals surface area contributed by atoms with Gasteiger partial charge in [0.1, 0.15) is 0 Å². The minimum Gasteiger partial charge on any atom is -0.504 e. The van der Waals surface area contributed by atoms with E-state index < -0.39 is 23.5 Å². The highest BCUT2D eigenvalue weighted by atomic mass is 32.2. The van der Waals surface area contributed by atoms with E-state index in [4.69, 9.17) is 9.15 Å². The third-order valence-corrected chi connectivity index (χ3v) is 7.73. The van der Waals surface area contributed by atoms with E-state index in [0.29, 0.717) is 22.3 Å². The zero-order chi connectivity index (χ0) is 25.9. The lowest BCUT2D eigenvalue weighted by Crippen LogP contribution is -2.31. The first-order valence-corrected chi connectivity index (χ1v) is 13.1. The van der Waals surface area contributed by atoms with Crippen LogP contribution in [0.2, 0.25) is 0 Å². The third-order valence-electron chi connectivity index (χ3n) is 5.60. The van der Waals surface area contributed by atoms with Gasteiger partial charge in [-0.3, -0.25) is 14.5 Å². The molecule has 188 valence electrons. The normalized spacial score (nSPS) is 15.4. The fraction of sp³-hybridized carbons (Fsp3) is 0.154. The quantitative estimate of drug-likeness (QED) is 0.167. The van der Waals surface area contributed by atoms with Crippen molar-refractivity contribution in [2.75, 3.05) is 11.5 Å². The molecule has 3 heterocycles. The van der Waals surface area contributed by atoms with Crippen LogP contribution in [0, 0.1) is 0 Å². The summed E-state index contributed by atoms with van der Waals surface area (Å²) in [5.74, 6) is -1.41. The predicted octanol–water partition coefficient (Wildman–Crippen LogP) is 5.31. The molecule has 0 radical (unpaired) electrons. The standard InChI is InChI=1S/C26H21N3O6S2/c1-2-34-19-13-16(10-11-17(19)30)21-20(22(31)18-9-6-12-35-18)23(32)24(33)29(21)25-27-28-26(37-25)36-14-15-7-4-3-5-8-15/h3-13,21,30,32H,2,14H2,1H3. The number of benzene rings is 2. The van der Waals surface area contributed by atoms with Gasteiger partial charge < -0.3 is 19.4 Å². The Morgan fingerprint density at radius 1 is 1.14 bits per heavy atom. The number of rotatable bonds is 9. The van der Waals surface area contributed by atoms with Gasteiger partial charge in [0, 0.05) is 5.75 Å². The highest BCUT2D eigenvalue weighted by Crippen LogP contribution is 2.45. The molecule has 2 N–H and O–H groups in total. The SMILES string of the molecule is CCOc1cc(C2C(C(=O)c3ccco3)=C(O)C(=O)N2c2nnc(SCc3ccccc3)s2)ccc1O. The van der Waals surface area contributed by atoms with Crippen molar-refractivity contribution in [2.45, 2.75) is 23.1 Å². The summed E-state index contributed by atoms with van der Waals surface area (Å²) in [7, 11) is 0. The number of aliphatic hydroxyl groups excluding tert-OH is 1. The van der Waals surface area contributed by atoms with Crippen LogP contribution in [0.15, 0.2) is 87.0 Å². The van der Waals surface area contributed by atoms with E-state index in [-0.39, 0.29) is 28.0 Å². The van der Waals surface area contributed by atoms with Gasteiger partial charge in [0.2, 0.25) is 10.9 Å². The first kappa shape index (κ1) is 24.6. The Bertz CT molecular complexity index is 1470. The van der Waals surface area contributed by atoms with E-state index in [0.717, 1.165) is 5.56 Å². The number of carbonyl (C=O) groups is 2. The van der Waals surface area contributed by atoms with Crippen LogP contribution >= 0.6 is 23.1 Å². The molecule has 9 nitrogen and oxygen atoms in total. The van der Waals surface area contributed by atoms with Gasteiger partial charge in [-0.15, -0.1) is 10.2 Å². The third kappa shape index (κ3) is 4.83. The van der Waals surface area contributed by atoms with Crippen LogP contribution in [0.25, 0.3) is 0 Å². The Morgan fingerprint density at radius 2 is 1.95 bits per heavy atom. The number of amides is 1. The maximum Gasteiger partial charge on any atom is 0.296 e. The van der Waals surface area contributed by atoms with Gasteiger partial charge in [-0.25, -0.2) is 0 Å². The van der Waals surface area contributed by atoms with Crippen LogP contribution in [0.5, 0.6) is 11.5 Å². The van der Waals surface area contributed by atoms with Crippen LogP contribution in [0.4, 0.5) is 5.13 Å². The molecule has 0 aliphatic carbocycles. The van der Waals surface area contributed by atoms with E-state index in [1.165, 1.54) is 52.5 Å². The number of hydrogen-bond acceptors (Lipinski definition) is 10. The molecule has 0 fully saturated rings. The number of hydrogen-bond donors (Lipinski definition) is 2. The van der Waals surface area contributed by atoms with Crippen LogP contribution in [0.3, 0.4) is 0 Å². The molecule has 0 spiro atoms. The highest BCUT2D eigenvalue weighted by molar-refractivity contribution is 8.00. The largest absolute Gasteiger partial charge is 0.504 e. The second-order valence-electron chi connectivity index (χ2n) is 7.93. The van der Waals surface area contributed by atoms with Crippen molar-refractivity contribution < 1.29 is 29.0 Å². The second-order valence-corrected chi connectivity index (χ2v) is 10.1. The number of phenolic OH excluding ortho intramolecular Hbond substituents is 1. The molecule has 37 heavy (non-hydrogen) atoms. The molecule has 1 unspecified atom stereocenters. The number of nitrogens with zero attached hydrogens (tertiary/aromatic N) is 3. The number of ether oxygens (including phenoxy) is 1. The highest BCUT2D eigenvalue weighted by Gasteiger charge is 2.47. The number of anilines is 1. The smallest absolute Gasteiger partial charge is 0.296 e. The second kappa shape index (κ2) is 10.5. The van der Waals surface area contributed by atoms with Crippen molar-refractivity contribution >= 4 is 39.9 Å². The Balaban J connectivity index is 1.53. The molecule has 0 bridgehead atoms. The van der Waals surface area contributed by atoms with E-state index in [1.54, 1.807) is 19.1 Å². The molecule has 2 aromatic heterocycles. The van der Waals surface area contributed by atoms with E-state index in [1.807, 2.05) is 30.3 Å². The van der Waals surface area contributed by atoms with Crippen LogP contribution in [0.1, 0.15) is 34.6 Å². The molecule has 5 rings (SSSR count). The summed E-state index contributed by atoms with van der Waals surface area (Å²) < 4.78 is 11.4. The van der Waals surface area contributed by atoms with Crippen molar-refractivity contribution in [1.29, 1.82) is 0 Å². The fourth-order valence-electron chi connectivity index (χ4n) is 3.94. The van der Waals surface area contributed by atoms with Gasteiger partial charge in [-0.05, 0) is 42.3 Å². The van der Waals surface area contributed by atoms with Crippen LogP contribution in [-0.4, -0.2) is 38.7 Å². The van der Waals surface area contributed by atoms with Gasteiger partial charge in [0.05, 0.1) is 24.5 Å². The topological polar surface area (TPSA) is 126 Å². The summed E-state index contributed by atoms with van der Waals surface area (Å²) in [5, 5.41) is 29.7. The molecule has 0 saturated heterocycles. The van der Waals surface area contributed by atoms with Gasteiger partial charge in [-0.2, -0.15) is 0 Å². The molecule has 1 atom stereocenters. The molecule has 1 aliphatic heterocycles. The predicted molar refractivity (Wildman–Crippen MR) is 138 cm³/mol. The van der Waals surface area contributed by atoms with Crippen molar-refractivity contribution in [3.05, 3.63) is 95.1 Å². The first-order valence-electron chi connectivity index (χ1n) is 11.3. The molecular weight excluding hydrogens is 514 g/mol. The number of aliphatic hydroxyl groups is 1. The summed E-state index contributed by atoms with van der Waals surface area (Å²) in [6.45, 7) is 2.06. The van der Waals surface area contributed by atoms with Crippen molar-refractivity contribution in [3.8, 4) is 11.5 Å². The number of aromatic hydroxyl groups is 1. The fourth-order valence-corrected chi connectivity index (χ4v) is 5.76. The monoisotopic (exact) mass is 535 g/mol. The zero-order valence-corrected chi connectivity index (χ0v) is 21.2. The molecule has 1 aliphatic rings. The summed E-state index contributed by atoms with van der Waals surface area (Å²) in [6, 6.07) is 16.3. The molecule has 1 amide bonds. The van der Waals surface area contributed by atoms with Gasteiger partial charge in [-0.1, -0.05) is 59.5 Å². The molecular formula is C26H21N3O6S2. The van der Waals surface area contributed by atoms with Crippen molar-refractivity contribution in [1.82, 2.24) is 10.2 Å². The lowest BCUT2D eigenvalue weighted by atomic mass is 9.95. The lowest BCUT2D eigenvalue weighted by molar-refractivity contribution is -0.117. The van der Waals surface area contributed by atoms with Gasteiger partial charge in [0.15, 0.2) is 27.4 Å². The number of Topliss-reactive ketones (excluding diaryl/α,β-unsaturated/α-hetero) is 1. The summed E-state index contributed by atoms with van der Waals surface area (Å²) in [6.07, 6.45) is 1.34. The van der Waals surface area contributed by atoms with Crippen molar-refractivity contribution in [3.63, 3.8) is 0 Å². The van der Waals surface area contributed by atoms with Crippen LogP contribution < -0.4 is 9.64 Å². The number of thioether (sulfide) groups is 1. The van der Waals surface area contributed by atoms with E-state index in [2.05, 4.69) is 10.2 Å². The average molecular weight is 536 g/mol. The first-order chi connectivity index (χ1) is 18.0. The average Bonchev–Trinajstić information content (AvgIpc) is 3.66. The van der Waals surface area contributed by atoms with Gasteiger partial charge >= 0.3 is 0 Å². The Hall–Kier alpha value is -4.09. The minimum atomic E-state index is -1.05. The molecule has 0 saturated carbocycles. The molecule has 4 aromatic rings. The van der Waals surface area contributed by atoms with E-state index >= 15 is 0 Å².